The van der Waals surface area contributed by atoms with Gasteiger partial charge >= 0.3 is 5.97 Å². The molecule has 0 radical (unpaired) electrons. The fraction of sp³-hybridized carbons (Fsp3) is 0.611. The van der Waals surface area contributed by atoms with Gasteiger partial charge in [0.1, 0.15) is 32.2 Å². The highest BCUT2D eigenvalue weighted by molar-refractivity contribution is 5.85. The minimum atomic E-state index is -0.567. The van der Waals surface area contributed by atoms with Crippen LogP contribution in [-0.4, -0.2) is 57.8 Å². The summed E-state index contributed by atoms with van der Waals surface area (Å²) in [4.78, 5) is 31.0. The summed E-state index contributed by atoms with van der Waals surface area (Å²) in [5.41, 5.74) is 0. The molecule has 0 bridgehead atoms. The number of nitrogens with zero attached hydrogens (tertiary/aromatic N) is 1. The smallest absolute Gasteiger partial charge is 0.328 e. The van der Waals surface area contributed by atoms with Crippen LogP contribution in [0.2, 0.25) is 0 Å². The number of aromatic amines is 1. The first kappa shape index (κ1) is 19.2. The van der Waals surface area contributed by atoms with Crippen molar-refractivity contribution in [2.45, 2.75) is 26.3 Å². The normalized spacial score (nSPS) is 17.6. The SMILES string of the molecule is CC[C@H](C)[C@H](NC(=O)C[NH+]1CCN(c2cccc[nH+]2)CC1)C(=O)OC. The number of pyridine rings is 1. The molecular formula is C18H30N4O3+2. The Morgan fingerprint density at radius 2 is 2.08 bits per heavy atom. The van der Waals surface area contributed by atoms with E-state index in [-0.39, 0.29) is 17.8 Å². The van der Waals surface area contributed by atoms with E-state index in [4.69, 9.17) is 4.74 Å². The van der Waals surface area contributed by atoms with Crippen LogP contribution in [0.1, 0.15) is 20.3 Å². The Bertz CT molecular complexity index is 559. The number of methoxy groups -OCH3 is 1. The Morgan fingerprint density at radius 1 is 1.36 bits per heavy atom. The van der Waals surface area contributed by atoms with E-state index in [1.807, 2.05) is 32.2 Å². The van der Waals surface area contributed by atoms with Crippen molar-refractivity contribution in [3.8, 4) is 0 Å². The summed E-state index contributed by atoms with van der Waals surface area (Å²) < 4.78 is 4.82. The Kier molecular flexibility index (Phi) is 7.18. The predicted octanol–water partition coefficient (Wildman–Crippen LogP) is -1.09. The predicted molar refractivity (Wildman–Crippen MR) is 94.2 cm³/mol. The molecule has 0 aliphatic carbocycles. The number of esters is 1. The lowest BCUT2D eigenvalue weighted by Crippen LogP contribution is -3.16. The summed E-state index contributed by atoms with van der Waals surface area (Å²) in [5, 5.41) is 2.85. The third kappa shape index (κ3) is 5.42. The molecule has 2 atom stereocenters. The number of rotatable bonds is 7. The van der Waals surface area contributed by atoms with E-state index in [2.05, 4.69) is 21.3 Å². The second-order valence-electron chi connectivity index (χ2n) is 6.62. The van der Waals surface area contributed by atoms with E-state index < -0.39 is 6.04 Å². The van der Waals surface area contributed by atoms with Crippen molar-refractivity contribution in [3.63, 3.8) is 0 Å². The number of hydrogen-bond acceptors (Lipinski definition) is 4. The maximum absolute atomic E-state index is 12.4. The van der Waals surface area contributed by atoms with Gasteiger partial charge in [0.15, 0.2) is 6.54 Å². The fourth-order valence-corrected chi connectivity index (χ4v) is 3.07. The van der Waals surface area contributed by atoms with E-state index in [0.29, 0.717) is 6.54 Å². The zero-order chi connectivity index (χ0) is 18.2. The number of carbonyl (C=O) groups is 2. The molecule has 1 fully saturated rings. The van der Waals surface area contributed by atoms with Crippen molar-refractivity contribution in [2.75, 3.05) is 44.7 Å². The molecule has 0 aromatic carbocycles. The van der Waals surface area contributed by atoms with Gasteiger partial charge < -0.3 is 15.0 Å². The van der Waals surface area contributed by atoms with Gasteiger partial charge in [-0.3, -0.25) is 9.69 Å². The van der Waals surface area contributed by atoms with Crippen molar-refractivity contribution in [1.29, 1.82) is 0 Å². The van der Waals surface area contributed by atoms with Crippen molar-refractivity contribution in [3.05, 3.63) is 24.4 Å². The van der Waals surface area contributed by atoms with Gasteiger partial charge in [-0.2, -0.15) is 0 Å². The average Bonchev–Trinajstić information content (AvgIpc) is 2.66. The third-order valence-corrected chi connectivity index (χ3v) is 4.90. The lowest BCUT2D eigenvalue weighted by Gasteiger charge is -2.28. The van der Waals surface area contributed by atoms with Crippen LogP contribution < -0.4 is 20.1 Å². The number of piperazine rings is 1. The van der Waals surface area contributed by atoms with E-state index in [1.165, 1.54) is 12.0 Å². The molecule has 2 rings (SSSR count). The Morgan fingerprint density at radius 3 is 2.64 bits per heavy atom. The summed E-state index contributed by atoms with van der Waals surface area (Å²) in [7, 11) is 1.36. The molecule has 2 heterocycles. The van der Waals surface area contributed by atoms with Gasteiger partial charge in [0.2, 0.25) is 0 Å². The summed E-state index contributed by atoms with van der Waals surface area (Å²) >= 11 is 0. The Hall–Kier alpha value is -2.15. The number of anilines is 1. The molecule has 25 heavy (non-hydrogen) atoms. The molecule has 0 unspecified atom stereocenters. The number of amides is 1. The molecule has 0 saturated carbocycles. The first-order chi connectivity index (χ1) is 12.0. The number of carbonyl (C=O) groups excluding carboxylic acids is 2. The van der Waals surface area contributed by atoms with Crippen molar-refractivity contribution in [2.24, 2.45) is 5.92 Å². The molecule has 1 saturated heterocycles. The van der Waals surface area contributed by atoms with Gasteiger partial charge in [-0.15, -0.1) is 0 Å². The molecular weight excluding hydrogens is 320 g/mol. The van der Waals surface area contributed by atoms with Crippen LogP contribution in [0.3, 0.4) is 0 Å². The average molecular weight is 350 g/mol. The van der Waals surface area contributed by atoms with E-state index >= 15 is 0 Å². The summed E-state index contributed by atoms with van der Waals surface area (Å²) in [6.07, 6.45) is 2.73. The standard InChI is InChI=1S/C18H28N4O3/c1-4-14(2)17(18(24)25-3)20-16(23)13-21-9-11-22(12-10-21)15-7-5-6-8-19-15/h5-8,14,17H,4,9-13H2,1-3H3,(H,20,23)/p+2/t14-,17-/m0/s1. The van der Waals surface area contributed by atoms with Crippen molar-refractivity contribution in [1.82, 2.24) is 5.32 Å². The molecule has 138 valence electrons. The second-order valence-corrected chi connectivity index (χ2v) is 6.62. The zero-order valence-electron chi connectivity index (χ0n) is 15.4. The van der Waals surface area contributed by atoms with Crippen LogP contribution in [0.4, 0.5) is 5.82 Å². The maximum Gasteiger partial charge on any atom is 0.328 e. The lowest BCUT2D eigenvalue weighted by molar-refractivity contribution is -0.892. The Labute approximate surface area is 149 Å². The van der Waals surface area contributed by atoms with Gasteiger partial charge in [0.05, 0.1) is 13.3 Å². The van der Waals surface area contributed by atoms with Gasteiger partial charge in [-0.1, -0.05) is 26.3 Å². The number of hydrogen-bond donors (Lipinski definition) is 2. The number of quaternary nitrogens is 1. The van der Waals surface area contributed by atoms with E-state index in [9.17, 15) is 9.59 Å². The van der Waals surface area contributed by atoms with Crippen molar-refractivity contribution >= 4 is 17.7 Å². The fourth-order valence-electron chi connectivity index (χ4n) is 3.07. The molecule has 0 spiro atoms. The molecule has 3 N–H and O–H groups in total. The number of aromatic nitrogens is 1. The van der Waals surface area contributed by atoms with Gasteiger partial charge in [-0.05, 0) is 12.0 Å². The molecule has 1 aliphatic rings. The topological polar surface area (TPSA) is 77.2 Å². The molecule has 1 aromatic heterocycles. The number of H-pyrrole nitrogens is 1. The zero-order valence-corrected chi connectivity index (χ0v) is 15.4. The van der Waals surface area contributed by atoms with Crippen LogP contribution in [-0.2, 0) is 14.3 Å². The van der Waals surface area contributed by atoms with Gasteiger partial charge in [0.25, 0.3) is 11.7 Å². The van der Waals surface area contributed by atoms with E-state index in [0.717, 1.165) is 38.4 Å². The summed E-state index contributed by atoms with van der Waals surface area (Å²) in [6, 6.07) is 5.47. The molecule has 7 nitrogen and oxygen atoms in total. The highest BCUT2D eigenvalue weighted by Crippen LogP contribution is 2.09. The molecule has 7 heteroatoms. The van der Waals surface area contributed by atoms with Crippen LogP contribution in [0.25, 0.3) is 0 Å². The number of nitrogens with one attached hydrogen (secondary N) is 3. The lowest BCUT2D eigenvalue weighted by atomic mass is 9.99. The summed E-state index contributed by atoms with van der Waals surface area (Å²) in [5.74, 6) is 0.693. The molecule has 1 aliphatic heterocycles. The van der Waals surface area contributed by atoms with Crippen molar-refractivity contribution < 1.29 is 24.2 Å². The Balaban J connectivity index is 1.82. The van der Waals surface area contributed by atoms with Crippen LogP contribution in [0.15, 0.2) is 24.4 Å². The summed E-state index contributed by atoms with van der Waals surface area (Å²) in [6.45, 7) is 7.91. The monoisotopic (exact) mass is 350 g/mol. The molecule has 1 amide bonds. The second kappa shape index (κ2) is 9.36. The maximum atomic E-state index is 12.4. The minimum Gasteiger partial charge on any atom is -0.467 e. The van der Waals surface area contributed by atoms with E-state index in [1.54, 1.807) is 0 Å². The third-order valence-electron chi connectivity index (χ3n) is 4.90. The highest BCUT2D eigenvalue weighted by Gasteiger charge is 2.30. The quantitative estimate of drug-likeness (QED) is 0.613. The highest BCUT2D eigenvalue weighted by atomic mass is 16.5. The first-order valence-electron chi connectivity index (χ1n) is 8.97. The van der Waals surface area contributed by atoms with Gasteiger partial charge in [0, 0.05) is 6.07 Å². The van der Waals surface area contributed by atoms with Crippen LogP contribution in [0.5, 0.6) is 0 Å². The molecule has 1 aromatic rings. The van der Waals surface area contributed by atoms with Crippen LogP contribution in [0, 0.1) is 5.92 Å². The van der Waals surface area contributed by atoms with Gasteiger partial charge in [-0.25, -0.2) is 9.78 Å². The first-order valence-corrected chi connectivity index (χ1v) is 8.97. The number of ether oxygens (including phenoxy) is 1. The largest absolute Gasteiger partial charge is 0.467 e. The van der Waals surface area contributed by atoms with Crippen LogP contribution >= 0.6 is 0 Å². The minimum absolute atomic E-state index is 0.0527.